The summed E-state index contributed by atoms with van der Waals surface area (Å²) in [5, 5.41) is -0.618. The van der Waals surface area contributed by atoms with Gasteiger partial charge in [-0.25, -0.2) is 9.59 Å². The highest BCUT2D eigenvalue weighted by atomic mass is 32.2. The molecule has 0 unspecified atom stereocenters. The molecule has 4 rings (SSSR count). The molecule has 220 valence electrons. The topological polar surface area (TPSA) is 118 Å². The third kappa shape index (κ3) is 6.58. The normalized spacial score (nSPS) is 25.4. The fraction of sp³-hybridized carbons (Fsp3) is 0.467. The number of hydrogen-bond acceptors (Lipinski definition) is 11. The van der Waals surface area contributed by atoms with E-state index in [1.54, 1.807) is 81.4 Å². The van der Waals surface area contributed by atoms with Crippen LogP contribution in [-0.2, 0) is 33.3 Å². The van der Waals surface area contributed by atoms with Crippen molar-refractivity contribution in [2.45, 2.75) is 63.7 Å². The van der Waals surface area contributed by atoms with Crippen LogP contribution in [0.2, 0.25) is 0 Å². The molecule has 0 saturated carbocycles. The van der Waals surface area contributed by atoms with Crippen LogP contribution in [0, 0.1) is 5.92 Å². The van der Waals surface area contributed by atoms with Crippen LogP contribution in [0.4, 0.5) is 0 Å². The minimum atomic E-state index is -1.42. The molecule has 2 aliphatic heterocycles. The zero-order valence-electron chi connectivity index (χ0n) is 23.5. The van der Waals surface area contributed by atoms with Crippen LogP contribution in [0.15, 0.2) is 60.7 Å². The van der Waals surface area contributed by atoms with E-state index < -0.39 is 65.8 Å². The van der Waals surface area contributed by atoms with Gasteiger partial charge in [0, 0.05) is 0 Å². The summed E-state index contributed by atoms with van der Waals surface area (Å²) in [6.07, 6.45) is -3.62. The van der Waals surface area contributed by atoms with Crippen molar-refractivity contribution in [1.29, 1.82) is 0 Å². The first-order chi connectivity index (χ1) is 19.8. The maximum atomic E-state index is 13.3. The van der Waals surface area contributed by atoms with Gasteiger partial charge in [0.25, 0.3) is 0 Å². The first-order valence-electron chi connectivity index (χ1n) is 13.7. The number of benzene rings is 2. The molecule has 2 saturated heterocycles. The van der Waals surface area contributed by atoms with Crippen molar-refractivity contribution < 1.29 is 42.9 Å². The van der Waals surface area contributed by atoms with Crippen LogP contribution in [0.5, 0.6) is 0 Å². The Balaban J connectivity index is 1.75. The molecule has 0 radical (unpaired) electrons. The molecule has 0 N–H and O–H groups in total. The van der Waals surface area contributed by atoms with Gasteiger partial charge in [-0.15, -0.1) is 11.8 Å². The Morgan fingerprint density at radius 3 is 1.76 bits per heavy atom. The third-order valence-electron chi connectivity index (χ3n) is 6.92. The maximum Gasteiger partial charge on any atom is 0.338 e. The van der Waals surface area contributed by atoms with E-state index in [0.29, 0.717) is 16.9 Å². The number of fused-ring (bicyclic) bond motifs is 1. The fourth-order valence-corrected chi connectivity index (χ4v) is 6.42. The van der Waals surface area contributed by atoms with E-state index in [1.807, 2.05) is 11.8 Å². The number of rotatable bonds is 11. The lowest BCUT2D eigenvalue weighted by Crippen LogP contribution is -2.50. The van der Waals surface area contributed by atoms with Crippen LogP contribution in [0.3, 0.4) is 0 Å². The number of thioether (sulfide) groups is 1. The Hall–Kier alpha value is -3.41. The summed E-state index contributed by atoms with van der Waals surface area (Å²) in [6.45, 7) is 7.10. The fourth-order valence-electron chi connectivity index (χ4n) is 5.25. The van der Waals surface area contributed by atoms with Gasteiger partial charge in [-0.1, -0.05) is 43.3 Å². The molecule has 0 aromatic heterocycles. The van der Waals surface area contributed by atoms with E-state index in [2.05, 4.69) is 0 Å². The zero-order chi connectivity index (χ0) is 29.5. The summed E-state index contributed by atoms with van der Waals surface area (Å²) in [4.78, 5) is 54.6. The molecular formula is C30H35NO9S. The van der Waals surface area contributed by atoms with E-state index in [1.165, 1.54) is 11.8 Å². The molecule has 6 atom stereocenters. The molecule has 2 fully saturated rings. The van der Waals surface area contributed by atoms with Crippen LogP contribution in [0.1, 0.15) is 48.4 Å². The predicted molar refractivity (Wildman–Crippen MR) is 150 cm³/mol. The van der Waals surface area contributed by atoms with Crippen molar-refractivity contribution in [3.8, 4) is 0 Å². The first-order valence-corrected chi connectivity index (χ1v) is 14.8. The van der Waals surface area contributed by atoms with Crippen molar-refractivity contribution in [2.24, 2.45) is 5.92 Å². The number of carbonyl (C=O) groups excluding carboxylic acids is 4. The van der Waals surface area contributed by atoms with Crippen molar-refractivity contribution in [1.82, 2.24) is 4.90 Å². The van der Waals surface area contributed by atoms with Gasteiger partial charge in [0.2, 0.25) is 0 Å². The van der Waals surface area contributed by atoms with Crippen LogP contribution < -0.4 is 0 Å². The van der Waals surface area contributed by atoms with Gasteiger partial charge in [-0.05, 0) is 50.8 Å². The highest BCUT2D eigenvalue weighted by Crippen LogP contribution is 2.46. The van der Waals surface area contributed by atoms with Gasteiger partial charge in [0.15, 0.2) is 18.1 Å². The molecule has 2 aromatic carbocycles. The average molecular weight is 586 g/mol. The smallest absolute Gasteiger partial charge is 0.338 e. The minimum absolute atomic E-state index is 0.0577. The Kier molecular flexibility index (Phi) is 10.4. The summed E-state index contributed by atoms with van der Waals surface area (Å²) in [5.41, 5.74) is 0.669. The molecule has 0 aliphatic carbocycles. The molecule has 2 aromatic rings. The average Bonchev–Trinajstić information content (AvgIpc) is 3.45. The number of carbonyl (C=O) groups is 4. The summed E-state index contributed by atoms with van der Waals surface area (Å²) in [5.74, 6) is -3.58. The minimum Gasteiger partial charge on any atom is -0.465 e. The van der Waals surface area contributed by atoms with Crippen molar-refractivity contribution in [3.05, 3.63) is 71.8 Å². The second kappa shape index (κ2) is 14.0. The molecule has 0 amide bonds. The van der Waals surface area contributed by atoms with Gasteiger partial charge in [0.1, 0.15) is 6.23 Å². The molecule has 11 heteroatoms. The number of ether oxygens (including phenoxy) is 5. The second-order valence-electron chi connectivity index (χ2n) is 9.47. The predicted octanol–water partition coefficient (Wildman–Crippen LogP) is 3.69. The molecule has 0 spiro atoms. The number of hydrogen-bond donors (Lipinski definition) is 0. The molecule has 10 nitrogen and oxygen atoms in total. The van der Waals surface area contributed by atoms with Crippen LogP contribution in [0.25, 0.3) is 0 Å². The number of esters is 4. The highest BCUT2D eigenvalue weighted by Gasteiger charge is 2.64. The van der Waals surface area contributed by atoms with Crippen LogP contribution in [-0.4, -0.2) is 83.7 Å². The van der Waals surface area contributed by atoms with Crippen molar-refractivity contribution >= 4 is 35.6 Å². The largest absolute Gasteiger partial charge is 0.465 e. The molecule has 0 bridgehead atoms. The Labute approximate surface area is 243 Å². The van der Waals surface area contributed by atoms with E-state index in [0.717, 1.165) is 0 Å². The van der Waals surface area contributed by atoms with E-state index >= 15 is 0 Å². The first kappa shape index (κ1) is 30.5. The summed E-state index contributed by atoms with van der Waals surface area (Å²) >= 11 is 1.43. The molecule has 2 aliphatic rings. The molecule has 2 heterocycles. The van der Waals surface area contributed by atoms with Gasteiger partial charge in [-0.2, -0.15) is 0 Å². The number of nitrogens with zero attached hydrogens (tertiary/aromatic N) is 1. The second-order valence-corrected chi connectivity index (χ2v) is 10.9. The molecular weight excluding hydrogens is 550 g/mol. The molecule has 41 heavy (non-hydrogen) atoms. The maximum absolute atomic E-state index is 13.3. The van der Waals surface area contributed by atoms with Crippen molar-refractivity contribution in [2.75, 3.05) is 19.0 Å². The third-order valence-corrected chi connectivity index (χ3v) is 8.10. The Morgan fingerprint density at radius 1 is 0.805 bits per heavy atom. The lowest BCUT2D eigenvalue weighted by molar-refractivity contribution is -0.174. The standard InChI is InChI=1S/C30H35NO9S/c1-5-36-29(34)21(30(35)37-6-2)25-31-22(18(4)38-25)23(39-27(32)19-14-10-8-11-15-19)24(26(31)41-7-3)40-28(33)20-16-12-9-13-17-20/h8-18,21-26H,5-7H2,1-4H3/t18-,22+,23+,24+,25+,26+/m0/s1. The Bertz CT molecular complexity index is 1190. The lowest BCUT2D eigenvalue weighted by Gasteiger charge is -2.32. The van der Waals surface area contributed by atoms with Gasteiger partial charge in [0.05, 0.1) is 41.9 Å². The van der Waals surface area contributed by atoms with E-state index in [-0.39, 0.29) is 13.2 Å². The van der Waals surface area contributed by atoms with Gasteiger partial charge < -0.3 is 23.7 Å². The lowest BCUT2D eigenvalue weighted by atomic mass is 10.1. The SMILES string of the molecule is CCOC(=O)C(C(=O)OCC)[C@H]1O[C@@H](C)[C@@H]2[C@@H](OC(=O)c3ccccc3)[C@@H](OC(=O)c3ccccc3)[C@@H](SCC)N21. The zero-order valence-corrected chi connectivity index (χ0v) is 24.3. The monoisotopic (exact) mass is 585 g/mol. The van der Waals surface area contributed by atoms with E-state index in [9.17, 15) is 19.2 Å². The quantitative estimate of drug-likeness (QED) is 0.218. The van der Waals surface area contributed by atoms with Gasteiger partial charge in [-0.3, -0.25) is 14.5 Å². The summed E-state index contributed by atoms with van der Waals surface area (Å²) in [7, 11) is 0. The van der Waals surface area contributed by atoms with Crippen molar-refractivity contribution in [3.63, 3.8) is 0 Å². The van der Waals surface area contributed by atoms with Crippen LogP contribution >= 0.6 is 11.8 Å². The van der Waals surface area contributed by atoms with E-state index in [4.69, 9.17) is 23.7 Å². The Morgan fingerprint density at radius 2 is 1.29 bits per heavy atom. The summed E-state index contributed by atoms with van der Waals surface area (Å²) in [6, 6.07) is 16.4. The van der Waals surface area contributed by atoms with Gasteiger partial charge >= 0.3 is 23.9 Å². The summed E-state index contributed by atoms with van der Waals surface area (Å²) < 4.78 is 28.9. The highest BCUT2D eigenvalue weighted by molar-refractivity contribution is 7.99.